The fraction of sp³-hybridized carbons (Fsp3) is 0.947. The van der Waals surface area contributed by atoms with E-state index in [1.165, 1.54) is 38.6 Å². The third-order valence-corrected chi connectivity index (χ3v) is 6.70. The van der Waals surface area contributed by atoms with Crippen LogP contribution in [0.5, 0.6) is 0 Å². The lowest BCUT2D eigenvalue weighted by Crippen LogP contribution is -2.68. The molecule has 3 fully saturated rings. The number of likely N-dealkylation sites (tertiary alicyclic amines) is 1. The van der Waals surface area contributed by atoms with Gasteiger partial charge in [-0.25, -0.2) is 0 Å². The summed E-state index contributed by atoms with van der Waals surface area (Å²) in [6.45, 7) is 8.70. The van der Waals surface area contributed by atoms with Gasteiger partial charge in [-0.2, -0.15) is 0 Å². The number of ether oxygens (including phenoxy) is 1. The lowest BCUT2D eigenvalue weighted by atomic mass is 9.51. The minimum Gasteiger partial charge on any atom is -0.378 e. The molecule has 2 aliphatic carbocycles. The molecule has 0 aromatic carbocycles. The maximum absolute atomic E-state index is 5.98. The summed E-state index contributed by atoms with van der Waals surface area (Å²) < 4.78 is 5.98. The van der Waals surface area contributed by atoms with Gasteiger partial charge in [0.1, 0.15) is 0 Å². The smallest absolute Gasteiger partial charge is 0.193 e. The minimum atomic E-state index is 0. The van der Waals surface area contributed by atoms with Gasteiger partial charge in [0.15, 0.2) is 5.96 Å². The van der Waals surface area contributed by atoms with E-state index in [2.05, 4.69) is 41.0 Å². The van der Waals surface area contributed by atoms with E-state index in [9.17, 15) is 0 Å². The molecule has 0 aromatic heterocycles. The Morgan fingerprint density at radius 3 is 2.64 bits per heavy atom. The first-order chi connectivity index (χ1) is 11.6. The van der Waals surface area contributed by atoms with Crippen molar-refractivity contribution in [2.75, 3.05) is 40.3 Å². The van der Waals surface area contributed by atoms with Gasteiger partial charge in [-0.1, -0.05) is 13.3 Å². The van der Waals surface area contributed by atoms with Gasteiger partial charge in [-0.15, -0.1) is 24.0 Å². The molecule has 1 heterocycles. The van der Waals surface area contributed by atoms with Crippen molar-refractivity contribution in [3.63, 3.8) is 0 Å². The van der Waals surface area contributed by atoms with Crippen LogP contribution in [0.1, 0.15) is 52.4 Å². The number of rotatable bonds is 6. The van der Waals surface area contributed by atoms with E-state index in [1.807, 2.05) is 7.05 Å². The Balaban J connectivity index is 0.00000225. The molecule has 3 unspecified atom stereocenters. The lowest BCUT2D eigenvalue weighted by Gasteiger charge is -2.61. The summed E-state index contributed by atoms with van der Waals surface area (Å²) in [5.74, 6) is 1.06. The Bertz CT molecular complexity index is 455. The molecule has 1 saturated heterocycles. The highest BCUT2D eigenvalue weighted by Crippen LogP contribution is 2.57. The van der Waals surface area contributed by atoms with Crippen molar-refractivity contribution in [3.8, 4) is 0 Å². The zero-order chi connectivity index (χ0) is 17.2. The van der Waals surface area contributed by atoms with Gasteiger partial charge in [0, 0.05) is 44.7 Å². The molecule has 3 rings (SSSR count). The molecule has 0 bridgehead atoms. The molecule has 1 spiro atoms. The van der Waals surface area contributed by atoms with Crippen molar-refractivity contribution in [3.05, 3.63) is 0 Å². The summed E-state index contributed by atoms with van der Waals surface area (Å²) >= 11 is 0. The number of halogens is 1. The van der Waals surface area contributed by atoms with Crippen LogP contribution >= 0.6 is 24.0 Å². The monoisotopic (exact) mass is 464 g/mol. The van der Waals surface area contributed by atoms with Crippen LogP contribution in [0.15, 0.2) is 4.99 Å². The highest BCUT2D eigenvalue weighted by molar-refractivity contribution is 14.0. The molecule has 1 N–H and O–H groups in total. The van der Waals surface area contributed by atoms with Crippen LogP contribution in [-0.2, 0) is 4.74 Å². The Morgan fingerprint density at radius 2 is 2.08 bits per heavy atom. The molecule has 25 heavy (non-hydrogen) atoms. The highest BCUT2D eigenvalue weighted by Gasteiger charge is 2.59. The van der Waals surface area contributed by atoms with Crippen LogP contribution in [0.4, 0.5) is 0 Å². The second kappa shape index (κ2) is 9.22. The van der Waals surface area contributed by atoms with E-state index in [-0.39, 0.29) is 24.0 Å². The summed E-state index contributed by atoms with van der Waals surface area (Å²) in [7, 11) is 4.10. The van der Waals surface area contributed by atoms with Crippen LogP contribution in [-0.4, -0.2) is 74.3 Å². The highest BCUT2D eigenvalue weighted by atomic mass is 127. The topological polar surface area (TPSA) is 40.1 Å². The van der Waals surface area contributed by atoms with Crippen LogP contribution in [0.2, 0.25) is 0 Å². The maximum Gasteiger partial charge on any atom is 0.193 e. The van der Waals surface area contributed by atoms with E-state index < -0.39 is 0 Å². The van der Waals surface area contributed by atoms with E-state index in [4.69, 9.17) is 4.74 Å². The fourth-order valence-corrected chi connectivity index (χ4v) is 5.06. The van der Waals surface area contributed by atoms with Crippen molar-refractivity contribution < 1.29 is 4.74 Å². The first kappa shape index (κ1) is 21.2. The summed E-state index contributed by atoms with van der Waals surface area (Å²) in [4.78, 5) is 9.51. The first-order valence-electron chi connectivity index (χ1n) is 9.94. The van der Waals surface area contributed by atoms with Crippen LogP contribution in [0.3, 0.4) is 0 Å². The van der Waals surface area contributed by atoms with E-state index in [0.717, 1.165) is 32.1 Å². The van der Waals surface area contributed by atoms with Gasteiger partial charge in [0.25, 0.3) is 0 Å². The van der Waals surface area contributed by atoms with Crippen molar-refractivity contribution in [1.29, 1.82) is 0 Å². The third kappa shape index (κ3) is 4.10. The van der Waals surface area contributed by atoms with Gasteiger partial charge >= 0.3 is 0 Å². The number of aliphatic imine (C=N–C) groups is 1. The number of nitrogens with zero attached hydrogens (tertiary/aromatic N) is 3. The van der Waals surface area contributed by atoms with Gasteiger partial charge in [-0.05, 0) is 52.1 Å². The molecule has 0 radical (unpaired) electrons. The molecule has 3 aliphatic rings. The Hall–Kier alpha value is -0.0800. The Morgan fingerprint density at radius 1 is 1.32 bits per heavy atom. The first-order valence-corrected chi connectivity index (χ1v) is 9.94. The fourth-order valence-electron chi connectivity index (χ4n) is 5.06. The number of hydrogen-bond acceptors (Lipinski definition) is 3. The second-order valence-corrected chi connectivity index (χ2v) is 7.82. The van der Waals surface area contributed by atoms with Gasteiger partial charge in [-0.3, -0.25) is 9.89 Å². The molecule has 0 aromatic rings. The molecule has 5 nitrogen and oxygen atoms in total. The normalized spacial score (nSPS) is 31.2. The number of guanidine groups is 1. The SMILES string of the molecule is CCOC1CC(NC(=NC)N(C)CC2CCCN2CC)C12CCC2.I. The minimum absolute atomic E-state index is 0. The zero-order valence-electron chi connectivity index (χ0n) is 16.5. The van der Waals surface area contributed by atoms with Crippen LogP contribution < -0.4 is 5.32 Å². The lowest BCUT2D eigenvalue weighted by molar-refractivity contribution is -0.168. The number of hydrogen-bond donors (Lipinski definition) is 1. The molecule has 3 atom stereocenters. The van der Waals surface area contributed by atoms with Gasteiger partial charge in [0.2, 0.25) is 0 Å². The maximum atomic E-state index is 5.98. The predicted molar refractivity (Wildman–Crippen MR) is 115 cm³/mol. The zero-order valence-corrected chi connectivity index (χ0v) is 18.8. The van der Waals surface area contributed by atoms with Crippen molar-refractivity contribution in [2.24, 2.45) is 10.4 Å². The van der Waals surface area contributed by atoms with Crippen molar-refractivity contribution >= 4 is 29.9 Å². The second-order valence-electron chi connectivity index (χ2n) is 7.82. The molecule has 146 valence electrons. The van der Waals surface area contributed by atoms with Crippen molar-refractivity contribution in [2.45, 2.75) is 70.6 Å². The molecular formula is C19H37IN4O. The van der Waals surface area contributed by atoms with Crippen molar-refractivity contribution in [1.82, 2.24) is 15.1 Å². The summed E-state index contributed by atoms with van der Waals surface area (Å²) in [6.07, 6.45) is 8.21. The quantitative estimate of drug-likeness (QED) is 0.373. The third-order valence-electron chi connectivity index (χ3n) is 6.70. The van der Waals surface area contributed by atoms with Gasteiger partial charge in [0.05, 0.1) is 6.10 Å². The summed E-state index contributed by atoms with van der Waals surface area (Å²) in [5, 5.41) is 3.77. The predicted octanol–water partition coefficient (Wildman–Crippen LogP) is 2.94. The Labute approximate surface area is 171 Å². The standard InChI is InChI=1S/C19H36N4O.HI/c1-5-23-12-7-9-15(23)14-22(4)18(20-3)21-16-13-17(24-6-2)19(16)10-8-11-19;/h15-17H,5-14H2,1-4H3,(H,20,21);1H. The summed E-state index contributed by atoms with van der Waals surface area (Å²) in [6, 6.07) is 1.21. The molecular weight excluding hydrogens is 427 g/mol. The van der Waals surface area contributed by atoms with E-state index in [1.54, 1.807) is 0 Å². The molecule has 1 aliphatic heterocycles. The molecule has 6 heteroatoms. The number of likely N-dealkylation sites (N-methyl/N-ethyl adjacent to an activating group) is 2. The van der Waals surface area contributed by atoms with Gasteiger partial charge < -0.3 is 15.0 Å². The molecule has 2 saturated carbocycles. The average molecular weight is 464 g/mol. The molecule has 0 amide bonds. The van der Waals surface area contributed by atoms with E-state index in [0.29, 0.717) is 23.6 Å². The van der Waals surface area contributed by atoms with Crippen LogP contribution in [0, 0.1) is 5.41 Å². The average Bonchev–Trinajstić information content (AvgIpc) is 2.95. The Kier molecular flexibility index (Phi) is 7.83. The van der Waals surface area contributed by atoms with E-state index >= 15 is 0 Å². The largest absolute Gasteiger partial charge is 0.378 e. The number of nitrogens with one attached hydrogen (secondary N) is 1. The summed E-state index contributed by atoms with van der Waals surface area (Å²) in [5.41, 5.74) is 0.385. The van der Waals surface area contributed by atoms with Crippen LogP contribution in [0.25, 0.3) is 0 Å².